The first-order chi connectivity index (χ1) is 16.0. The van der Waals surface area contributed by atoms with E-state index in [2.05, 4.69) is 13.8 Å². The van der Waals surface area contributed by atoms with Crippen molar-refractivity contribution >= 4 is 17.6 Å². The maximum Gasteiger partial charge on any atom is 0.324 e. The summed E-state index contributed by atoms with van der Waals surface area (Å²) in [5.74, 6) is -0.648. The van der Waals surface area contributed by atoms with Gasteiger partial charge in [0.2, 0.25) is 5.91 Å². The van der Waals surface area contributed by atoms with Crippen molar-refractivity contribution in [3.8, 4) is 11.5 Å². The molecule has 170 valence electrons. The number of hydrogen-bond donors (Lipinski definition) is 0. The van der Waals surface area contributed by atoms with Gasteiger partial charge < -0.3 is 14.4 Å². The lowest BCUT2D eigenvalue weighted by Gasteiger charge is -2.29. The summed E-state index contributed by atoms with van der Waals surface area (Å²) < 4.78 is 11.0. The average molecular weight is 444 g/mol. The topological polar surface area (TPSA) is 55.8 Å². The highest BCUT2D eigenvalue weighted by molar-refractivity contribution is 6.07. The molecule has 5 nitrogen and oxygen atoms in total. The highest BCUT2D eigenvalue weighted by Gasteiger charge is 2.47. The van der Waals surface area contributed by atoms with Crippen molar-refractivity contribution in [3.05, 3.63) is 90.5 Å². The molecule has 0 N–H and O–H groups in total. The van der Waals surface area contributed by atoms with E-state index in [1.54, 1.807) is 36.3 Å². The molecule has 1 aliphatic rings. The fourth-order valence-electron chi connectivity index (χ4n) is 4.60. The number of para-hydroxylation sites is 1. The highest BCUT2D eigenvalue weighted by Crippen LogP contribution is 2.42. The molecule has 5 heteroatoms. The number of benzene rings is 3. The Morgan fingerprint density at radius 2 is 1.45 bits per heavy atom. The quantitative estimate of drug-likeness (QED) is 0.304. The van der Waals surface area contributed by atoms with Crippen LogP contribution in [0, 0.1) is 17.8 Å². The predicted molar refractivity (Wildman–Crippen MR) is 128 cm³/mol. The lowest BCUT2D eigenvalue weighted by atomic mass is 9.73. The Labute approximate surface area is 194 Å². The summed E-state index contributed by atoms with van der Waals surface area (Å²) in [5.41, 5.74) is 1.71. The van der Waals surface area contributed by atoms with Gasteiger partial charge in [-0.2, -0.15) is 0 Å². The molecule has 1 heterocycles. The number of carbonyl (C=O) groups is 2. The second kappa shape index (κ2) is 9.90. The van der Waals surface area contributed by atoms with Gasteiger partial charge in [0, 0.05) is 18.2 Å². The molecule has 0 aromatic heterocycles. The largest absolute Gasteiger partial charge is 0.497 e. The minimum Gasteiger partial charge on any atom is -0.497 e. The van der Waals surface area contributed by atoms with Gasteiger partial charge in [-0.1, -0.05) is 62.4 Å². The van der Waals surface area contributed by atoms with E-state index in [1.807, 2.05) is 60.7 Å². The van der Waals surface area contributed by atoms with Crippen LogP contribution in [0.15, 0.2) is 84.9 Å². The molecule has 3 aromatic rings. The smallest absolute Gasteiger partial charge is 0.324 e. The first-order valence-corrected chi connectivity index (χ1v) is 11.3. The third kappa shape index (κ3) is 4.77. The zero-order valence-corrected chi connectivity index (χ0v) is 19.2. The van der Waals surface area contributed by atoms with Crippen molar-refractivity contribution in [2.24, 2.45) is 17.8 Å². The van der Waals surface area contributed by atoms with E-state index in [4.69, 9.17) is 9.47 Å². The van der Waals surface area contributed by atoms with Crippen LogP contribution in [-0.4, -0.2) is 25.5 Å². The van der Waals surface area contributed by atoms with E-state index in [0.717, 1.165) is 11.3 Å². The molecule has 0 saturated carbocycles. The first kappa shape index (κ1) is 22.6. The molecular formula is C28H29NO4. The molecule has 1 unspecified atom stereocenters. The van der Waals surface area contributed by atoms with Crippen molar-refractivity contribution in [1.29, 1.82) is 0 Å². The number of ether oxygens (including phenoxy) is 2. The number of rotatable bonds is 5. The van der Waals surface area contributed by atoms with Crippen molar-refractivity contribution in [2.75, 3.05) is 18.6 Å². The average Bonchev–Trinajstić information content (AvgIpc) is 2.95. The summed E-state index contributed by atoms with van der Waals surface area (Å²) in [4.78, 5) is 29.3. The molecular weight excluding hydrogens is 414 g/mol. The van der Waals surface area contributed by atoms with E-state index in [9.17, 15) is 9.59 Å². The molecule has 0 spiro atoms. The Bertz CT molecular complexity index is 1080. The minimum atomic E-state index is -0.963. The molecule has 4 atom stereocenters. The number of nitrogens with zero attached hydrogens (tertiary/aromatic N) is 1. The Morgan fingerprint density at radius 1 is 0.848 bits per heavy atom. The maximum absolute atomic E-state index is 14.0. The zero-order chi connectivity index (χ0) is 23.4. The van der Waals surface area contributed by atoms with Gasteiger partial charge >= 0.3 is 5.97 Å². The summed E-state index contributed by atoms with van der Waals surface area (Å²) in [6, 6.07) is 26.1. The SMILES string of the molecule is COc1ccc(N2CC(C)[C@@H](C)[C@H](c3ccccc3)[C@@H](C(=O)Oc3ccccc3)C2=O)cc1. The van der Waals surface area contributed by atoms with Crippen LogP contribution in [0.1, 0.15) is 25.3 Å². The normalized spacial score (nSPS) is 23.0. The number of carbonyl (C=O) groups excluding carboxylic acids is 2. The summed E-state index contributed by atoms with van der Waals surface area (Å²) in [7, 11) is 1.61. The predicted octanol–water partition coefficient (Wildman–Crippen LogP) is 5.32. The molecule has 33 heavy (non-hydrogen) atoms. The maximum atomic E-state index is 14.0. The molecule has 1 aliphatic heterocycles. The van der Waals surface area contributed by atoms with E-state index in [-0.39, 0.29) is 23.7 Å². The van der Waals surface area contributed by atoms with Gasteiger partial charge in [-0.15, -0.1) is 0 Å². The van der Waals surface area contributed by atoms with Crippen molar-refractivity contribution in [3.63, 3.8) is 0 Å². The van der Waals surface area contributed by atoms with Crippen LogP contribution in [0.2, 0.25) is 0 Å². The molecule has 0 aliphatic carbocycles. The molecule has 1 fully saturated rings. The number of anilines is 1. The number of hydrogen-bond acceptors (Lipinski definition) is 4. The van der Waals surface area contributed by atoms with Crippen LogP contribution < -0.4 is 14.4 Å². The number of esters is 1. The Kier molecular flexibility index (Phi) is 6.78. The van der Waals surface area contributed by atoms with Crippen LogP contribution >= 0.6 is 0 Å². The van der Waals surface area contributed by atoms with Gasteiger partial charge in [0.05, 0.1) is 7.11 Å². The minimum absolute atomic E-state index is 0.0768. The van der Waals surface area contributed by atoms with Crippen molar-refractivity contribution < 1.29 is 19.1 Å². The Balaban J connectivity index is 1.77. The van der Waals surface area contributed by atoms with Crippen LogP contribution in [0.3, 0.4) is 0 Å². The monoisotopic (exact) mass is 443 g/mol. The van der Waals surface area contributed by atoms with Crippen LogP contribution in [0.4, 0.5) is 5.69 Å². The first-order valence-electron chi connectivity index (χ1n) is 11.3. The summed E-state index contributed by atoms with van der Waals surface area (Å²) in [6.07, 6.45) is 0. The fraction of sp³-hybridized carbons (Fsp3) is 0.286. The number of amides is 1. The highest BCUT2D eigenvalue weighted by atomic mass is 16.5. The van der Waals surface area contributed by atoms with Gasteiger partial charge in [0.15, 0.2) is 0 Å². The summed E-state index contributed by atoms with van der Waals surface area (Å²) in [6.45, 7) is 4.77. The Hall–Kier alpha value is -3.60. The third-order valence-electron chi connectivity index (χ3n) is 6.61. The van der Waals surface area contributed by atoms with E-state index < -0.39 is 11.9 Å². The lowest BCUT2D eigenvalue weighted by molar-refractivity contribution is -0.145. The zero-order valence-electron chi connectivity index (χ0n) is 19.2. The molecule has 0 radical (unpaired) electrons. The second-order valence-electron chi connectivity index (χ2n) is 8.63. The van der Waals surface area contributed by atoms with Crippen molar-refractivity contribution in [2.45, 2.75) is 19.8 Å². The van der Waals surface area contributed by atoms with Gasteiger partial charge in [-0.3, -0.25) is 9.59 Å². The standard InChI is InChI=1S/C28H29NO4/c1-19-18-29(22-14-16-23(32-3)17-15-22)27(30)26(28(31)33-24-12-8-5-9-13-24)25(20(19)2)21-10-6-4-7-11-21/h4-17,19-20,25-26H,18H2,1-3H3/t19?,20-,25-,26-/m1/s1. The van der Waals surface area contributed by atoms with E-state index in [1.165, 1.54) is 0 Å². The van der Waals surface area contributed by atoms with Crippen molar-refractivity contribution in [1.82, 2.24) is 0 Å². The van der Waals surface area contributed by atoms with Gasteiger partial charge in [0.1, 0.15) is 17.4 Å². The van der Waals surface area contributed by atoms with Gasteiger partial charge in [0.25, 0.3) is 0 Å². The molecule has 1 saturated heterocycles. The summed E-state index contributed by atoms with van der Waals surface area (Å²) in [5, 5.41) is 0. The van der Waals surface area contributed by atoms with Gasteiger partial charge in [-0.05, 0) is 53.8 Å². The van der Waals surface area contributed by atoms with E-state index in [0.29, 0.717) is 18.0 Å². The molecule has 1 amide bonds. The van der Waals surface area contributed by atoms with Gasteiger partial charge in [-0.25, -0.2) is 0 Å². The third-order valence-corrected chi connectivity index (χ3v) is 6.61. The van der Waals surface area contributed by atoms with Crippen LogP contribution in [0.25, 0.3) is 0 Å². The van der Waals surface area contributed by atoms with Crippen LogP contribution in [-0.2, 0) is 9.59 Å². The fourth-order valence-corrected chi connectivity index (χ4v) is 4.60. The molecule has 0 bridgehead atoms. The number of methoxy groups -OCH3 is 1. The molecule has 4 rings (SSSR count). The Morgan fingerprint density at radius 3 is 2.06 bits per heavy atom. The molecule has 3 aromatic carbocycles. The van der Waals surface area contributed by atoms with E-state index >= 15 is 0 Å². The second-order valence-corrected chi connectivity index (χ2v) is 8.63. The summed E-state index contributed by atoms with van der Waals surface area (Å²) >= 11 is 0. The lowest BCUT2D eigenvalue weighted by Crippen LogP contribution is -2.42. The van der Waals surface area contributed by atoms with Crippen LogP contribution in [0.5, 0.6) is 11.5 Å².